The number of nitrogens with zero attached hydrogens (tertiary/aromatic N) is 2. The SMILES string of the molecule is CC(C)Oc1cccnc1C(=O)N1CCC(O)CC1. The zero-order chi connectivity index (χ0) is 13.8. The maximum atomic E-state index is 12.4. The fourth-order valence-corrected chi connectivity index (χ4v) is 2.12. The molecule has 5 nitrogen and oxygen atoms in total. The number of aliphatic hydroxyl groups excluding tert-OH is 1. The first kappa shape index (κ1) is 13.8. The van der Waals surface area contributed by atoms with E-state index in [2.05, 4.69) is 4.98 Å². The number of hydrogen-bond donors (Lipinski definition) is 1. The molecule has 1 aromatic rings. The van der Waals surface area contributed by atoms with Gasteiger partial charge in [0.1, 0.15) is 0 Å². The average molecular weight is 264 g/mol. The fourth-order valence-electron chi connectivity index (χ4n) is 2.12. The second-order valence-corrected chi connectivity index (χ2v) is 5.04. The van der Waals surface area contributed by atoms with Crippen molar-refractivity contribution in [3.8, 4) is 5.75 Å². The van der Waals surface area contributed by atoms with Crippen molar-refractivity contribution in [2.45, 2.75) is 38.9 Å². The van der Waals surface area contributed by atoms with Gasteiger partial charge in [-0.05, 0) is 38.8 Å². The fraction of sp³-hybridized carbons (Fsp3) is 0.571. The Morgan fingerprint density at radius 1 is 1.47 bits per heavy atom. The lowest BCUT2D eigenvalue weighted by Crippen LogP contribution is -2.40. The number of likely N-dealkylation sites (tertiary alicyclic amines) is 1. The summed E-state index contributed by atoms with van der Waals surface area (Å²) in [5, 5.41) is 9.47. The summed E-state index contributed by atoms with van der Waals surface area (Å²) in [4.78, 5) is 18.3. The highest BCUT2D eigenvalue weighted by Crippen LogP contribution is 2.21. The molecular weight excluding hydrogens is 244 g/mol. The number of rotatable bonds is 3. The maximum absolute atomic E-state index is 12.4. The van der Waals surface area contributed by atoms with Crippen molar-refractivity contribution in [2.24, 2.45) is 0 Å². The summed E-state index contributed by atoms with van der Waals surface area (Å²) in [5.74, 6) is 0.400. The molecule has 0 saturated carbocycles. The van der Waals surface area contributed by atoms with Crippen molar-refractivity contribution < 1.29 is 14.6 Å². The minimum atomic E-state index is -0.292. The van der Waals surface area contributed by atoms with Gasteiger partial charge in [-0.25, -0.2) is 4.98 Å². The number of piperidine rings is 1. The molecule has 1 aliphatic rings. The molecule has 1 amide bonds. The molecule has 0 atom stereocenters. The zero-order valence-corrected chi connectivity index (χ0v) is 11.4. The van der Waals surface area contributed by atoms with E-state index in [1.807, 2.05) is 13.8 Å². The summed E-state index contributed by atoms with van der Waals surface area (Å²) >= 11 is 0. The van der Waals surface area contributed by atoms with Gasteiger partial charge in [0.25, 0.3) is 5.91 Å². The zero-order valence-electron chi connectivity index (χ0n) is 11.4. The molecule has 1 aliphatic heterocycles. The minimum absolute atomic E-state index is 0.000993. The van der Waals surface area contributed by atoms with Crippen LogP contribution in [0.15, 0.2) is 18.3 Å². The molecule has 1 aromatic heterocycles. The number of pyridine rings is 1. The Hall–Kier alpha value is -1.62. The summed E-state index contributed by atoms with van der Waals surface area (Å²) in [5.41, 5.74) is 0.354. The van der Waals surface area contributed by atoms with Gasteiger partial charge in [-0.1, -0.05) is 0 Å². The van der Waals surface area contributed by atoms with Crippen molar-refractivity contribution in [2.75, 3.05) is 13.1 Å². The third-order valence-corrected chi connectivity index (χ3v) is 3.09. The number of aliphatic hydroxyl groups is 1. The van der Waals surface area contributed by atoms with Crippen LogP contribution in [0.3, 0.4) is 0 Å². The first-order valence-corrected chi connectivity index (χ1v) is 6.67. The van der Waals surface area contributed by atoms with Crippen LogP contribution in [0.5, 0.6) is 5.75 Å². The van der Waals surface area contributed by atoms with E-state index in [4.69, 9.17) is 4.74 Å². The monoisotopic (exact) mass is 264 g/mol. The summed E-state index contributed by atoms with van der Waals surface area (Å²) in [6.07, 6.45) is 2.55. The van der Waals surface area contributed by atoms with Gasteiger partial charge in [-0.3, -0.25) is 4.79 Å². The Morgan fingerprint density at radius 3 is 2.79 bits per heavy atom. The average Bonchev–Trinajstić information content (AvgIpc) is 2.39. The molecule has 104 valence electrons. The van der Waals surface area contributed by atoms with Crippen LogP contribution in [0.4, 0.5) is 0 Å². The second kappa shape index (κ2) is 6.02. The molecule has 0 aliphatic carbocycles. The van der Waals surface area contributed by atoms with Crippen molar-refractivity contribution in [1.29, 1.82) is 0 Å². The highest BCUT2D eigenvalue weighted by atomic mass is 16.5. The third kappa shape index (κ3) is 3.44. The van der Waals surface area contributed by atoms with E-state index >= 15 is 0 Å². The number of carbonyl (C=O) groups is 1. The largest absolute Gasteiger partial charge is 0.489 e. The van der Waals surface area contributed by atoms with Crippen molar-refractivity contribution >= 4 is 5.91 Å². The smallest absolute Gasteiger partial charge is 0.276 e. The molecule has 5 heteroatoms. The van der Waals surface area contributed by atoms with Gasteiger partial charge in [0, 0.05) is 19.3 Å². The summed E-state index contributed by atoms with van der Waals surface area (Å²) in [7, 11) is 0. The van der Waals surface area contributed by atoms with Gasteiger partial charge >= 0.3 is 0 Å². The van der Waals surface area contributed by atoms with Crippen LogP contribution in [0.2, 0.25) is 0 Å². The summed E-state index contributed by atoms with van der Waals surface area (Å²) in [6, 6.07) is 3.52. The van der Waals surface area contributed by atoms with E-state index in [1.54, 1.807) is 23.2 Å². The Balaban J connectivity index is 2.14. The molecule has 0 unspecified atom stereocenters. The van der Waals surface area contributed by atoms with Crippen LogP contribution < -0.4 is 4.74 Å². The van der Waals surface area contributed by atoms with Crippen LogP contribution in [0, 0.1) is 0 Å². The van der Waals surface area contributed by atoms with Gasteiger partial charge in [0.15, 0.2) is 11.4 Å². The van der Waals surface area contributed by atoms with Gasteiger partial charge in [0.05, 0.1) is 12.2 Å². The molecule has 1 saturated heterocycles. The molecule has 2 rings (SSSR count). The summed E-state index contributed by atoms with van der Waals surface area (Å²) < 4.78 is 5.62. The van der Waals surface area contributed by atoms with E-state index in [9.17, 15) is 9.90 Å². The second-order valence-electron chi connectivity index (χ2n) is 5.04. The van der Waals surface area contributed by atoms with Crippen LogP contribution in [-0.2, 0) is 0 Å². The molecule has 0 bridgehead atoms. The van der Waals surface area contributed by atoms with Gasteiger partial charge in [-0.2, -0.15) is 0 Å². The first-order chi connectivity index (χ1) is 9.08. The molecule has 0 spiro atoms. The molecular formula is C14H20N2O3. The molecule has 0 aromatic carbocycles. The Bertz CT molecular complexity index is 440. The molecule has 1 N–H and O–H groups in total. The number of carbonyl (C=O) groups excluding carboxylic acids is 1. The number of aromatic nitrogens is 1. The predicted molar refractivity (Wildman–Crippen MR) is 71.1 cm³/mol. The van der Waals surface area contributed by atoms with Crippen molar-refractivity contribution in [3.63, 3.8) is 0 Å². The lowest BCUT2D eigenvalue weighted by molar-refractivity contribution is 0.0536. The van der Waals surface area contributed by atoms with Crippen LogP contribution in [0.25, 0.3) is 0 Å². The quantitative estimate of drug-likeness (QED) is 0.898. The van der Waals surface area contributed by atoms with Gasteiger partial charge in [-0.15, -0.1) is 0 Å². The maximum Gasteiger partial charge on any atom is 0.276 e. The van der Waals surface area contributed by atoms with Crippen molar-refractivity contribution in [1.82, 2.24) is 9.88 Å². The lowest BCUT2D eigenvalue weighted by Gasteiger charge is -2.29. The number of amides is 1. The normalized spacial score (nSPS) is 16.7. The number of ether oxygens (including phenoxy) is 1. The van der Waals surface area contributed by atoms with Crippen molar-refractivity contribution in [3.05, 3.63) is 24.0 Å². The number of hydrogen-bond acceptors (Lipinski definition) is 4. The summed E-state index contributed by atoms with van der Waals surface area (Å²) in [6.45, 7) is 4.96. The lowest BCUT2D eigenvalue weighted by atomic mass is 10.1. The Kier molecular flexibility index (Phi) is 4.37. The molecule has 19 heavy (non-hydrogen) atoms. The topological polar surface area (TPSA) is 62.7 Å². The highest BCUT2D eigenvalue weighted by Gasteiger charge is 2.25. The van der Waals surface area contributed by atoms with E-state index in [1.165, 1.54) is 0 Å². The highest BCUT2D eigenvalue weighted by molar-refractivity contribution is 5.95. The van der Waals surface area contributed by atoms with Gasteiger partial charge in [0.2, 0.25) is 0 Å². The standard InChI is InChI=1S/C14H20N2O3/c1-10(2)19-12-4-3-7-15-13(12)14(18)16-8-5-11(17)6-9-16/h3-4,7,10-11,17H,5-6,8-9H2,1-2H3. The van der Waals surface area contributed by atoms with E-state index < -0.39 is 0 Å². The molecule has 2 heterocycles. The Morgan fingerprint density at radius 2 is 2.16 bits per heavy atom. The van der Waals surface area contributed by atoms with E-state index in [-0.39, 0.29) is 18.1 Å². The molecule has 1 fully saturated rings. The van der Waals surface area contributed by atoms with Crippen LogP contribution in [0.1, 0.15) is 37.2 Å². The Labute approximate surface area is 113 Å². The van der Waals surface area contributed by atoms with Crippen LogP contribution in [-0.4, -0.2) is 46.2 Å². The third-order valence-electron chi connectivity index (χ3n) is 3.09. The predicted octanol–water partition coefficient (Wildman–Crippen LogP) is 1.47. The van der Waals surface area contributed by atoms with E-state index in [0.29, 0.717) is 37.4 Å². The first-order valence-electron chi connectivity index (χ1n) is 6.67. The minimum Gasteiger partial charge on any atom is -0.489 e. The van der Waals surface area contributed by atoms with Crippen LogP contribution >= 0.6 is 0 Å². The van der Waals surface area contributed by atoms with Gasteiger partial charge < -0.3 is 14.7 Å². The van der Waals surface area contributed by atoms with E-state index in [0.717, 1.165) is 0 Å². The molecule has 0 radical (unpaired) electrons.